The highest BCUT2D eigenvalue weighted by atomic mass is 32.2. The van der Waals surface area contributed by atoms with Crippen molar-refractivity contribution in [2.45, 2.75) is 49.8 Å². The Morgan fingerprint density at radius 1 is 1.38 bits per heavy atom. The van der Waals surface area contributed by atoms with Crippen LogP contribution in [0.3, 0.4) is 0 Å². The maximum Gasteiger partial charge on any atom is 0.339 e. The summed E-state index contributed by atoms with van der Waals surface area (Å²) in [7, 11) is 1.54. The van der Waals surface area contributed by atoms with Crippen LogP contribution >= 0.6 is 34.9 Å². The summed E-state index contributed by atoms with van der Waals surface area (Å²) in [6.07, 6.45) is 0.602. The number of nitrogens with one attached hydrogen (secondary N) is 3. The highest BCUT2D eigenvalue weighted by Gasteiger charge is 2.70. The third kappa shape index (κ3) is 4.96. The summed E-state index contributed by atoms with van der Waals surface area (Å²) in [4.78, 5) is 79.3. The van der Waals surface area contributed by atoms with Gasteiger partial charge in [0.25, 0.3) is 11.8 Å². The minimum absolute atomic E-state index is 0.0166. The lowest BCUT2D eigenvalue weighted by molar-refractivity contribution is -0.162. The number of aromatic amines is 2. The number of nitrogens with zero attached hydrogens (tertiary/aromatic N) is 5. The fraction of sp³-hybridized carbons (Fsp3) is 0.478. The summed E-state index contributed by atoms with van der Waals surface area (Å²) in [5.74, 6) is -0.652. The molecule has 0 bridgehead atoms. The molecule has 14 nitrogen and oxygen atoms in total. The van der Waals surface area contributed by atoms with E-state index in [2.05, 4.69) is 30.5 Å². The van der Waals surface area contributed by atoms with Crippen molar-refractivity contribution in [2.24, 2.45) is 10.1 Å². The molecular formula is C23H28N8O6S3. The van der Waals surface area contributed by atoms with Crippen LogP contribution in [-0.2, 0) is 25.8 Å². The summed E-state index contributed by atoms with van der Waals surface area (Å²) in [5, 5.41) is 9.42. The van der Waals surface area contributed by atoms with Gasteiger partial charge >= 0.3 is 11.1 Å². The molecule has 0 aliphatic carbocycles. The fourth-order valence-corrected chi connectivity index (χ4v) is 7.38. The zero-order valence-corrected chi connectivity index (χ0v) is 24.8. The summed E-state index contributed by atoms with van der Waals surface area (Å²) in [6.45, 7) is 7.35. The number of fused-ring (bicyclic) bond motifs is 1. The first kappa shape index (κ1) is 28.1. The van der Waals surface area contributed by atoms with Gasteiger partial charge in [0.05, 0.1) is 12.8 Å². The number of allylic oxidation sites excluding steroid dienone is 1. The fourth-order valence-electron chi connectivity index (χ4n) is 4.19. The van der Waals surface area contributed by atoms with E-state index in [1.807, 2.05) is 0 Å². The van der Waals surface area contributed by atoms with Gasteiger partial charge in [-0.25, -0.2) is 0 Å². The van der Waals surface area contributed by atoms with Crippen LogP contribution < -0.4 is 21.2 Å². The number of aromatic nitrogens is 4. The molecule has 4 heterocycles. The molecule has 4 rings (SSSR count). The number of carbonyl (C=O) groups is 3. The van der Waals surface area contributed by atoms with E-state index in [0.29, 0.717) is 29.0 Å². The largest absolute Gasteiger partial charge is 0.395 e. The zero-order valence-electron chi connectivity index (χ0n) is 23.3. The van der Waals surface area contributed by atoms with E-state index >= 15 is 0 Å². The zero-order chi connectivity index (χ0) is 30.1. The molecule has 2 atom stereocenters. The number of β-lactam (4-membered cyclic amide) rings is 1. The lowest BCUT2D eigenvalue weighted by atomic mass is 9.79. The summed E-state index contributed by atoms with van der Waals surface area (Å²) in [6, 6.07) is 0. The highest BCUT2D eigenvalue weighted by molar-refractivity contribution is 8.01. The van der Waals surface area contributed by atoms with Gasteiger partial charge in [0, 0.05) is 30.5 Å². The smallest absolute Gasteiger partial charge is 0.339 e. The van der Waals surface area contributed by atoms with Crippen molar-refractivity contribution >= 4 is 58.7 Å². The Hall–Kier alpha value is -3.44. The van der Waals surface area contributed by atoms with E-state index in [-0.39, 0.29) is 40.0 Å². The number of thiazole rings is 1. The molecule has 1 saturated heterocycles. The first-order valence-electron chi connectivity index (χ1n) is 12.6. The standard InChI is InChI=1S/C23H28N8O6S3/c1-6-30-21(26-17(34)18(35)28-30)39-9-12-10-40-23(4)22(3,19(36)31(23)14(12)8-32)27-16(33)15(29-37-7-2)13-11-38-20(24-5)25-13/h8,11H,6-7,9-10H2,1-5H3,(H,24,25)(H,27,33)(H,28,35)/b29-15-/t22-,23-/m1/s1/i11D. The van der Waals surface area contributed by atoms with Gasteiger partial charge < -0.3 is 15.1 Å². The molecule has 2 aliphatic rings. The quantitative estimate of drug-likeness (QED) is 0.0836. The van der Waals surface area contributed by atoms with Crippen molar-refractivity contribution in [1.29, 1.82) is 0 Å². The van der Waals surface area contributed by atoms with Gasteiger partial charge in [-0.15, -0.1) is 23.1 Å². The highest BCUT2D eigenvalue weighted by Crippen LogP contribution is 2.54. The third-order valence-electron chi connectivity index (χ3n) is 6.56. The van der Waals surface area contributed by atoms with Crippen LogP contribution in [0.1, 0.15) is 34.8 Å². The Kier molecular flexibility index (Phi) is 8.14. The Balaban J connectivity index is 1.60. The number of oxime groups is 1. The maximum atomic E-state index is 13.6. The molecule has 17 heteroatoms. The monoisotopic (exact) mass is 609 g/mol. The molecular weight excluding hydrogens is 581 g/mol. The molecule has 40 heavy (non-hydrogen) atoms. The van der Waals surface area contributed by atoms with E-state index in [1.165, 1.54) is 21.3 Å². The van der Waals surface area contributed by atoms with Crippen molar-refractivity contribution in [3.63, 3.8) is 0 Å². The van der Waals surface area contributed by atoms with E-state index < -0.39 is 33.3 Å². The summed E-state index contributed by atoms with van der Waals surface area (Å²) >= 11 is 3.55. The molecule has 214 valence electrons. The molecule has 0 spiro atoms. The molecule has 0 unspecified atom stereocenters. The minimum atomic E-state index is -1.42. The molecule has 0 saturated carbocycles. The van der Waals surface area contributed by atoms with Crippen molar-refractivity contribution in [1.82, 2.24) is 30.0 Å². The first-order chi connectivity index (χ1) is 19.4. The Bertz CT molecular complexity index is 1660. The SMILES string of the molecule is [2H]c1sc(=NC)[nH]c1/C(=N/OCC)C(=O)N[C@]1(C)C(=O)N2C(C=O)=C(CSc3nc(=O)c(=O)[nH]n3CC)CS[C@@]21C. The van der Waals surface area contributed by atoms with Gasteiger partial charge in [-0.2, -0.15) is 4.98 Å². The Morgan fingerprint density at radius 3 is 2.75 bits per heavy atom. The number of rotatable bonds is 10. The second-order valence-electron chi connectivity index (χ2n) is 8.86. The number of hydrogen-bond donors (Lipinski definition) is 3. The summed E-state index contributed by atoms with van der Waals surface area (Å²) in [5.41, 5.74) is -2.47. The van der Waals surface area contributed by atoms with E-state index in [1.54, 1.807) is 34.7 Å². The van der Waals surface area contributed by atoms with Crippen molar-refractivity contribution < 1.29 is 20.6 Å². The lowest BCUT2D eigenvalue weighted by Crippen LogP contribution is -2.84. The average Bonchev–Trinajstić information content (AvgIpc) is 3.33. The minimum Gasteiger partial charge on any atom is -0.395 e. The van der Waals surface area contributed by atoms with Gasteiger partial charge in [-0.05, 0) is 33.3 Å². The second-order valence-corrected chi connectivity index (χ2v) is 12.0. The van der Waals surface area contributed by atoms with Crippen molar-refractivity contribution in [2.75, 3.05) is 25.2 Å². The summed E-state index contributed by atoms with van der Waals surface area (Å²) < 4.78 is 9.67. The number of hydrogen-bond acceptors (Lipinski definition) is 12. The number of carbonyl (C=O) groups excluding carboxylic acids is 3. The van der Waals surface area contributed by atoms with Crippen LogP contribution in [0.15, 0.2) is 41.5 Å². The van der Waals surface area contributed by atoms with Gasteiger partial charge in [-0.3, -0.25) is 43.6 Å². The Labute approximate surface area is 241 Å². The van der Waals surface area contributed by atoms with Gasteiger partial charge in [0.2, 0.25) is 0 Å². The van der Waals surface area contributed by atoms with Crippen LogP contribution in [0.4, 0.5) is 0 Å². The number of aldehydes is 1. The number of aryl methyl sites for hydroxylation is 1. The first-order valence-corrected chi connectivity index (χ1v) is 14.9. The number of amides is 2. The molecule has 0 radical (unpaired) electrons. The number of thioether (sulfide) groups is 2. The second kappa shape index (κ2) is 11.6. The molecule has 2 amide bonds. The van der Waals surface area contributed by atoms with Crippen LogP contribution in [0.5, 0.6) is 0 Å². The molecule has 1 fully saturated rings. The van der Waals surface area contributed by atoms with Crippen molar-refractivity contribution in [3.8, 4) is 0 Å². The van der Waals surface area contributed by atoms with Gasteiger partial charge in [0.15, 0.2) is 22.0 Å². The third-order valence-corrected chi connectivity index (χ3v) is 10.1. The van der Waals surface area contributed by atoms with E-state index in [4.69, 9.17) is 6.21 Å². The predicted molar refractivity (Wildman–Crippen MR) is 151 cm³/mol. The molecule has 2 aromatic heterocycles. The maximum absolute atomic E-state index is 13.6. The van der Waals surface area contributed by atoms with Crippen LogP contribution in [0.25, 0.3) is 0 Å². The lowest BCUT2D eigenvalue weighted by Gasteiger charge is -2.63. The molecule has 2 aromatic rings. The van der Waals surface area contributed by atoms with Crippen LogP contribution in [0, 0.1) is 0 Å². The predicted octanol–water partition coefficient (Wildman–Crippen LogP) is 0.0376. The van der Waals surface area contributed by atoms with E-state index in [9.17, 15) is 24.0 Å². The van der Waals surface area contributed by atoms with Crippen molar-refractivity contribution in [3.05, 3.63) is 47.8 Å². The number of H-pyrrole nitrogens is 2. The normalized spacial score (nSPS) is 23.5. The van der Waals surface area contributed by atoms with Crippen LogP contribution in [0.2, 0.25) is 0 Å². The molecule has 2 aliphatic heterocycles. The van der Waals surface area contributed by atoms with Crippen LogP contribution in [-0.4, -0.2) is 84.0 Å². The molecule has 3 N–H and O–H groups in total. The molecule has 0 aromatic carbocycles. The van der Waals surface area contributed by atoms with E-state index in [0.717, 1.165) is 23.1 Å². The topological polar surface area (TPSA) is 184 Å². The Morgan fingerprint density at radius 2 is 2.12 bits per heavy atom. The van der Waals surface area contributed by atoms with Gasteiger partial charge in [-0.1, -0.05) is 16.9 Å². The average molecular weight is 610 g/mol. The van der Waals surface area contributed by atoms with Gasteiger partial charge in [0.1, 0.15) is 17.0 Å².